The van der Waals surface area contributed by atoms with Crippen molar-refractivity contribution in [1.82, 2.24) is 9.55 Å². The van der Waals surface area contributed by atoms with Crippen LogP contribution in [-0.2, 0) is 5.54 Å². The van der Waals surface area contributed by atoms with Gasteiger partial charge in [-0.2, -0.15) is 0 Å². The van der Waals surface area contributed by atoms with Gasteiger partial charge in [-0.15, -0.1) is 0 Å². The van der Waals surface area contributed by atoms with Crippen LogP contribution in [0.3, 0.4) is 0 Å². The average Bonchev–Trinajstić information content (AvgIpc) is 2.61. The standard InChI is InChI=1S/C13H17ClN2S/c1-5-13(3,4)16-11-8(2)9(14)6-7-10(11)15-12(16)17/h6-7H,5H2,1-4H3,(H,15,17). The van der Waals surface area contributed by atoms with Gasteiger partial charge in [0.1, 0.15) is 0 Å². The first-order chi connectivity index (χ1) is 7.88. The molecule has 0 saturated carbocycles. The number of aromatic amines is 1. The molecule has 0 unspecified atom stereocenters. The van der Waals surface area contributed by atoms with Gasteiger partial charge in [0.15, 0.2) is 4.77 Å². The lowest BCUT2D eigenvalue weighted by atomic mass is 10.0. The molecule has 17 heavy (non-hydrogen) atoms. The summed E-state index contributed by atoms with van der Waals surface area (Å²) in [5.74, 6) is 0. The number of nitrogens with one attached hydrogen (secondary N) is 1. The van der Waals surface area contributed by atoms with Gasteiger partial charge in [-0.25, -0.2) is 0 Å². The number of halogens is 1. The van der Waals surface area contributed by atoms with Gasteiger partial charge in [0.2, 0.25) is 0 Å². The van der Waals surface area contributed by atoms with E-state index in [0.717, 1.165) is 32.8 Å². The van der Waals surface area contributed by atoms with Crippen molar-refractivity contribution in [2.75, 3.05) is 0 Å². The second-order valence-electron chi connectivity index (χ2n) is 5.00. The summed E-state index contributed by atoms with van der Waals surface area (Å²) in [4.78, 5) is 3.25. The number of nitrogens with zero attached hydrogens (tertiary/aromatic N) is 1. The molecule has 92 valence electrons. The number of H-pyrrole nitrogens is 1. The van der Waals surface area contributed by atoms with Crippen molar-refractivity contribution in [1.29, 1.82) is 0 Å². The van der Waals surface area contributed by atoms with Crippen LogP contribution in [0.4, 0.5) is 0 Å². The van der Waals surface area contributed by atoms with Crippen molar-refractivity contribution in [3.8, 4) is 0 Å². The van der Waals surface area contributed by atoms with E-state index in [4.69, 9.17) is 23.8 Å². The van der Waals surface area contributed by atoms with Crippen molar-refractivity contribution in [2.45, 2.75) is 39.7 Å². The Bertz CT molecular complexity index is 622. The SMILES string of the molecule is CCC(C)(C)n1c(=S)[nH]c2ccc(Cl)c(C)c21. The maximum atomic E-state index is 6.20. The molecule has 2 nitrogen and oxygen atoms in total. The molecule has 0 bridgehead atoms. The lowest BCUT2D eigenvalue weighted by Gasteiger charge is -2.26. The minimum absolute atomic E-state index is 0.00915. The monoisotopic (exact) mass is 268 g/mol. The van der Waals surface area contributed by atoms with Crippen molar-refractivity contribution >= 4 is 34.9 Å². The zero-order valence-electron chi connectivity index (χ0n) is 10.6. The zero-order valence-corrected chi connectivity index (χ0v) is 12.2. The van der Waals surface area contributed by atoms with Crippen molar-refractivity contribution in [2.24, 2.45) is 0 Å². The van der Waals surface area contributed by atoms with Crippen LogP contribution in [0.1, 0.15) is 32.8 Å². The van der Waals surface area contributed by atoms with E-state index in [9.17, 15) is 0 Å². The molecular weight excluding hydrogens is 252 g/mol. The quantitative estimate of drug-likeness (QED) is 0.776. The molecule has 4 heteroatoms. The first-order valence-electron chi connectivity index (χ1n) is 5.79. The Morgan fingerprint density at radius 2 is 2.06 bits per heavy atom. The third-order valence-corrected chi connectivity index (χ3v) is 4.20. The summed E-state index contributed by atoms with van der Waals surface area (Å²) in [5, 5.41) is 0.784. The molecule has 0 radical (unpaired) electrons. The van der Waals surface area contributed by atoms with Gasteiger partial charge in [-0.1, -0.05) is 18.5 Å². The van der Waals surface area contributed by atoms with Gasteiger partial charge in [-0.3, -0.25) is 0 Å². The van der Waals surface area contributed by atoms with Crippen LogP contribution in [0.25, 0.3) is 11.0 Å². The minimum atomic E-state index is -0.00915. The molecule has 2 aromatic rings. The summed E-state index contributed by atoms with van der Waals surface area (Å²) in [6, 6.07) is 3.90. The van der Waals surface area contributed by atoms with E-state index in [1.807, 2.05) is 19.1 Å². The largest absolute Gasteiger partial charge is 0.331 e. The highest BCUT2D eigenvalue weighted by Crippen LogP contribution is 2.31. The molecule has 0 aliphatic carbocycles. The third kappa shape index (κ3) is 1.91. The maximum absolute atomic E-state index is 6.20. The van der Waals surface area contributed by atoms with Crippen LogP contribution in [0, 0.1) is 11.7 Å². The summed E-state index contributed by atoms with van der Waals surface area (Å²) < 4.78 is 2.94. The van der Waals surface area contributed by atoms with Gasteiger partial charge >= 0.3 is 0 Å². The van der Waals surface area contributed by atoms with E-state index in [2.05, 4.69) is 30.3 Å². The lowest BCUT2D eigenvalue weighted by molar-refractivity contribution is 0.348. The van der Waals surface area contributed by atoms with Crippen LogP contribution < -0.4 is 0 Å². The van der Waals surface area contributed by atoms with E-state index in [1.165, 1.54) is 0 Å². The molecule has 0 atom stereocenters. The Hall–Kier alpha value is -0.800. The van der Waals surface area contributed by atoms with Crippen LogP contribution >= 0.6 is 23.8 Å². The molecule has 0 spiro atoms. The molecule has 1 N–H and O–H groups in total. The summed E-state index contributed by atoms with van der Waals surface area (Å²) in [7, 11) is 0. The third-order valence-electron chi connectivity index (χ3n) is 3.50. The number of hydrogen-bond donors (Lipinski definition) is 1. The molecule has 0 aliphatic heterocycles. The average molecular weight is 269 g/mol. The number of aromatic nitrogens is 2. The van der Waals surface area contributed by atoms with Gasteiger partial charge in [0, 0.05) is 10.6 Å². The fourth-order valence-electron chi connectivity index (χ4n) is 2.07. The van der Waals surface area contributed by atoms with Gasteiger partial charge in [0.25, 0.3) is 0 Å². The number of rotatable bonds is 2. The summed E-state index contributed by atoms with van der Waals surface area (Å²) in [6.45, 7) is 8.59. The highest BCUT2D eigenvalue weighted by Gasteiger charge is 2.22. The highest BCUT2D eigenvalue weighted by molar-refractivity contribution is 7.71. The molecule has 1 aromatic carbocycles. The minimum Gasteiger partial charge on any atom is -0.331 e. The molecule has 2 rings (SSSR count). The van der Waals surface area contributed by atoms with E-state index in [-0.39, 0.29) is 5.54 Å². The Morgan fingerprint density at radius 3 is 2.65 bits per heavy atom. The lowest BCUT2D eigenvalue weighted by Crippen LogP contribution is -2.25. The Kier molecular flexibility index (Phi) is 3.08. The van der Waals surface area contributed by atoms with E-state index < -0.39 is 0 Å². The van der Waals surface area contributed by atoms with E-state index in [0.29, 0.717) is 0 Å². The topological polar surface area (TPSA) is 20.7 Å². The predicted molar refractivity (Wildman–Crippen MR) is 76.5 cm³/mol. The number of imidazole rings is 1. The molecule has 1 heterocycles. The van der Waals surface area contributed by atoms with Crippen LogP contribution in [0.15, 0.2) is 12.1 Å². The van der Waals surface area contributed by atoms with Crippen LogP contribution in [-0.4, -0.2) is 9.55 Å². The highest BCUT2D eigenvalue weighted by atomic mass is 35.5. The second kappa shape index (κ2) is 4.14. The summed E-state index contributed by atoms with van der Waals surface area (Å²) in [5.41, 5.74) is 3.25. The van der Waals surface area contributed by atoms with Crippen LogP contribution in [0.5, 0.6) is 0 Å². The Morgan fingerprint density at radius 1 is 1.41 bits per heavy atom. The van der Waals surface area contributed by atoms with Crippen molar-refractivity contribution in [3.63, 3.8) is 0 Å². The van der Waals surface area contributed by atoms with Gasteiger partial charge < -0.3 is 9.55 Å². The van der Waals surface area contributed by atoms with Crippen molar-refractivity contribution in [3.05, 3.63) is 27.5 Å². The van der Waals surface area contributed by atoms with E-state index in [1.54, 1.807) is 0 Å². The fourth-order valence-corrected chi connectivity index (χ4v) is 2.67. The normalized spacial score (nSPS) is 12.3. The first kappa shape index (κ1) is 12.7. The molecule has 0 aliphatic rings. The summed E-state index contributed by atoms with van der Waals surface area (Å²) >= 11 is 11.6. The van der Waals surface area contributed by atoms with Gasteiger partial charge in [0.05, 0.1) is 11.0 Å². The molecular formula is C13H17ClN2S. The molecule has 0 fully saturated rings. The number of aryl methyl sites for hydroxylation is 1. The Labute approximate surface area is 112 Å². The van der Waals surface area contributed by atoms with E-state index >= 15 is 0 Å². The molecule has 0 amide bonds. The predicted octanol–water partition coefficient (Wildman–Crippen LogP) is 4.81. The van der Waals surface area contributed by atoms with Crippen LogP contribution in [0.2, 0.25) is 5.02 Å². The number of fused-ring (bicyclic) bond motifs is 1. The Balaban J connectivity index is 2.93. The van der Waals surface area contributed by atoms with Gasteiger partial charge in [-0.05, 0) is 57.1 Å². The second-order valence-corrected chi connectivity index (χ2v) is 5.79. The number of benzene rings is 1. The zero-order chi connectivity index (χ0) is 12.8. The number of hydrogen-bond acceptors (Lipinski definition) is 1. The fraction of sp³-hybridized carbons (Fsp3) is 0.462. The van der Waals surface area contributed by atoms with Crippen molar-refractivity contribution < 1.29 is 0 Å². The summed E-state index contributed by atoms with van der Waals surface area (Å²) in [6.07, 6.45) is 1.01. The smallest absolute Gasteiger partial charge is 0.178 e. The molecule has 0 saturated heterocycles. The maximum Gasteiger partial charge on any atom is 0.178 e. The molecule has 1 aromatic heterocycles. The first-order valence-corrected chi connectivity index (χ1v) is 6.57.